The second-order valence-corrected chi connectivity index (χ2v) is 7.99. The first-order chi connectivity index (χ1) is 14.8. The molecule has 0 radical (unpaired) electrons. The summed E-state index contributed by atoms with van der Waals surface area (Å²) >= 11 is 1.79. The van der Waals surface area contributed by atoms with E-state index in [9.17, 15) is 5.26 Å². The highest BCUT2D eigenvalue weighted by molar-refractivity contribution is 7.99. The molecule has 4 heteroatoms. The Morgan fingerprint density at radius 3 is 1.90 bits per heavy atom. The van der Waals surface area contributed by atoms with E-state index in [2.05, 4.69) is 77.7 Å². The molecule has 4 aromatic carbocycles. The molecular formula is C26H15N3S. The minimum Gasteiger partial charge on any atom is -0.308 e. The quantitative estimate of drug-likeness (QED) is 0.318. The number of para-hydroxylation sites is 2. The van der Waals surface area contributed by atoms with Gasteiger partial charge in [-0.05, 0) is 59.7 Å². The number of nitrogens with zero attached hydrogens (tertiary/aromatic N) is 3. The lowest BCUT2D eigenvalue weighted by atomic mass is 9.98. The van der Waals surface area contributed by atoms with Crippen LogP contribution < -0.4 is 4.90 Å². The summed E-state index contributed by atoms with van der Waals surface area (Å²) in [6.45, 7) is 0. The van der Waals surface area contributed by atoms with Crippen molar-refractivity contribution in [1.29, 1.82) is 10.5 Å². The summed E-state index contributed by atoms with van der Waals surface area (Å²) in [6, 6.07) is 34.6. The van der Waals surface area contributed by atoms with Crippen molar-refractivity contribution in [2.45, 2.75) is 9.79 Å². The third-order valence-corrected chi connectivity index (χ3v) is 6.27. The molecule has 3 nitrogen and oxygen atoms in total. The highest BCUT2D eigenvalue weighted by Crippen LogP contribution is 2.51. The number of benzene rings is 4. The Hall–Kier alpha value is -3.99. The summed E-state index contributed by atoms with van der Waals surface area (Å²) in [5, 5.41) is 18.6. The van der Waals surface area contributed by atoms with Crippen LogP contribution in [0.5, 0.6) is 0 Å². The van der Waals surface area contributed by atoms with Crippen LogP contribution in [0.4, 0.5) is 17.1 Å². The van der Waals surface area contributed by atoms with E-state index in [4.69, 9.17) is 5.26 Å². The van der Waals surface area contributed by atoms with Crippen LogP contribution in [-0.2, 0) is 0 Å². The van der Waals surface area contributed by atoms with Gasteiger partial charge in [0, 0.05) is 15.5 Å². The highest BCUT2D eigenvalue weighted by Gasteiger charge is 2.24. The summed E-state index contributed by atoms with van der Waals surface area (Å²) in [5.41, 5.74) is 6.16. The first-order valence-electron chi connectivity index (χ1n) is 9.49. The van der Waals surface area contributed by atoms with E-state index in [1.165, 1.54) is 9.79 Å². The highest BCUT2D eigenvalue weighted by atomic mass is 32.2. The molecule has 0 spiro atoms. The minimum atomic E-state index is 0.492. The van der Waals surface area contributed by atoms with Gasteiger partial charge in [0.05, 0.1) is 34.6 Å². The Morgan fingerprint density at radius 1 is 0.667 bits per heavy atom. The van der Waals surface area contributed by atoms with E-state index < -0.39 is 0 Å². The zero-order valence-electron chi connectivity index (χ0n) is 15.9. The van der Waals surface area contributed by atoms with Crippen LogP contribution in [0.15, 0.2) is 101 Å². The topological polar surface area (TPSA) is 50.8 Å². The zero-order chi connectivity index (χ0) is 20.5. The Morgan fingerprint density at radius 2 is 1.30 bits per heavy atom. The number of rotatable bonds is 2. The normalized spacial score (nSPS) is 11.7. The van der Waals surface area contributed by atoms with Crippen LogP contribution in [0.2, 0.25) is 0 Å². The third kappa shape index (κ3) is 3.01. The van der Waals surface area contributed by atoms with Gasteiger partial charge in [0.1, 0.15) is 0 Å². The van der Waals surface area contributed by atoms with E-state index >= 15 is 0 Å². The Kier molecular flexibility index (Phi) is 4.48. The van der Waals surface area contributed by atoms with Gasteiger partial charge in [0.2, 0.25) is 0 Å². The largest absolute Gasteiger partial charge is 0.308 e. The molecular weight excluding hydrogens is 386 g/mol. The van der Waals surface area contributed by atoms with Gasteiger partial charge in [-0.1, -0.05) is 54.2 Å². The SMILES string of the molecule is N#Cc1ccc(-c2ccc(N3c4ccccc4Sc4ccccc43)cc2)c(C#N)c1. The Bertz CT molecular complexity index is 1300. The van der Waals surface area contributed by atoms with Crippen LogP contribution in [0.1, 0.15) is 11.1 Å². The summed E-state index contributed by atoms with van der Waals surface area (Å²) in [7, 11) is 0. The third-order valence-electron chi connectivity index (χ3n) is 5.14. The van der Waals surface area contributed by atoms with Crippen LogP contribution in [-0.4, -0.2) is 0 Å². The first-order valence-corrected chi connectivity index (χ1v) is 10.3. The lowest BCUT2D eigenvalue weighted by Gasteiger charge is -2.32. The lowest BCUT2D eigenvalue weighted by molar-refractivity contribution is 1.17. The molecule has 0 atom stereocenters. The molecule has 0 saturated carbocycles. The molecule has 0 aliphatic carbocycles. The zero-order valence-corrected chi connectivity index (χ0v) is 16.7. The molecule has 0 saturated heterocycles. The minimum absolute atomic E-state index is 0.492. The Labute approximate surface area is 179 Å². The van der Waals surface area contributed by atoms with Gasteiger partial charge in [-0.15, -0.1) is 0 Å². The molecule has 0 N–H and O–H groups in total. The van der Waals surface area contributed by atoms with Gasteiger partial charge in [0.15, 0.2) is 0 Å². The fourth-order valence-electron chi connectivity index (χ4n) is 3.73. The van der Waals surface area contributed by atoms with Crippen LogP contribution >= 0.6 is 11.8 Å². The second-order valence-electron chi connectivity index (χ2n) is 6.90. The average Bonchev–Trinajstić information content (AvgIpc) is 2.82. The number of fused-ring (bicyclic) bond motifs is 2. The van der Waals surface area contributed by atoms with Gasteiger partial charge < -0.3 is 4.90 Å². The van der Waals surface area contributed by atoms with Gasteiger partial charge in [-0.3, -0.25) is 0 Å². The maximum Gasteiger partial charge on any atom is 0.0998 e. The van der Waals surface area contributed by atoms with Gasteiger partial charge in [-0.2, -0.15) is 10.5 Å². The fourth-order valence-corrected chi connectivity index (χ4v) is 4.79. The number of hydrogen-bond donors (Lipinski definition) is 0. The summed E-state index contributed by atoms with van der Waals surface area (Å²) in [5.74, 6) is 0. The molecule has 0 bridgehead atoms. The second kappa shape index (κ2) is 7.44. The van der Waals surface area contributed by atoms with E-state index in [-0.39, 0.29) is 0 Å². The van der Waals surface area contributed by atoms with Crippen molar-refractivity contribution in [1.82, 2.24) is 0 Å². The van der Waals surface area contributed by atoms with Gasteiger partial charge in [0.25, 0.3) is 0 Å². The molecule has 140 valence electrons. The summed E-state index contributed by atoms with van der Waals surface area (Å²) in [4.78, 5) is 4.72. The van der Waals surface area contributed by atoms with Gasteiger partial charge in [-0.25, -0.2) is 0 Å². The maximum atomic E-state index is 9.51. The monoisotopic (exact) mass is 401 g/mol. The van der Waals surface area contributed by atoms with E-state index in [0.717, 1.165) is 28.2 Å². The lowest BCUT2D eigenvalue weighted by Crippen LogP contribution is -2.14. The Balaban J connectivity index is 1.60. The smallest absolute Gasteiger partial charge is 0.0998 e. The van der Waals surface area contributed by atoms with Crippen LogP contribution in [0, 0.1) is 22.7 Å². The van der Waals surface area contributed by atoms with Crippen molar-refractivity contribution in [2.75, 3.05) is 4.90 Å². The van der Waals surface area contributed by atoms with Crippen molar-refractivity contribution in [3.8, 4) is 23.3 Å². The number of nitriles is 2. The van der Waals surface area contributed by atoms with E-state index in [0.29, 0.717) is 11.1 Å². The molecule has 30 heavy (non-hydrogen) atoms. The molecule has 1 aliphatic heterocycles. The average molecular weight is 401 g/mol. The molecule has 0 unspecified atom stereocenters. The molecule has 0 aromatic heterocycles. The molecule has 1 heterocycles. The van der Waals surface area contributed by atoms with Crippen molar-refractivity contribution in [3.63, 3.8) is 0 Å². The van der Waals surface area contributed by atoms with Crippen LogP contribution in [0.3, 0.4) is 0 Å². The fraction of sp³-hybridized carbons (Fsp3) is 0. The standard InChI is InChI=1S/C26H15N3S/c27-16-18-9-14-22(20(15-18)17-28)19-10-12-21(13-11-19)29-23-5-1-3-7-25(23)30-26-8-4-2-6-24(26)29/h1-15H. The van der Waals surface area contributed by atoms with Crippen LogP contribution in [0.25, 0.3) is 11.1 Å². The van der Waals surface area contributed by atoms with Crippen molar-refractivity contribution in [3.05, 3.63) is 102 Å². The maximum absolute atomic E-state index is 9.51. The molecule has 4 aromatic rings. The number of anilines is 3. The van der Waals surface area contributed by atoms with Crippen molar-refractivity contribution in [2.24, 2.45) is 0 Å². The van der Waals surface area contributed by atoms with E-state index in [1.54, 1.807) is 23.9 Å². The molecule has 1 aliphatic rings. The van der Waals surface area contributed by atoms with E-state index in [1.807, 2.05) is 18.2 Å². The predicted molar refractivity (Wildman–Crippen MR) is 120 cm³/mol. The molecule has 5 rings (SSSR count). The predicted octanol–water partition coefficient (Wildman–Crippen LogP) is 7.03. The number of hydrogen-bond acceptors (Lipinski definition) is 4. The van der Waals surface area contributed by atoms with Gasteiger partial charge >= 0.3 is 0 Å². The summed E-state index contributed by atoms with van der Waals surface area (Å²) < 4.78 is 0. The van der Waals surface area contributed by atoms with Crippen molar-refractivity contribution < 1.29 is 0 Å². The summed E-state index contributed by atoms with van der Waals surface area (Å²) in [6.07, 6.45) is 0. The first kappa shape index (κ1) is 18.1. The molecule has 0 amide bonds. The van der Waals surface area contributed by atoms with Crippen molar-refractivity contribution >= 4 is 28.8 Å². The molecule has 0 fully saturated rings.